The number of pyridine rings is 1. The Morgan fingerprint density at radius 3 is 2.53 bits per heavy atom. The molecule has 3 aromatic rings. The first-order chi connectivity index (χ1) is 20.9. The van der Waals surface area contributed by atoms with Gasteiger partial charge in [-0.2, -0.15) is 0 Å². The van der Waals surface area contributed by atoms with Crippen molar-refractivity contribution in [3.05, 3.63) is 82.9 Å². The van der Waals surface area contributed by atoms with Gasteiger partial charge in [0.05, 0.1) is 17.0 Å². The van der Waals surface area contributed by atoms with E-state index in [1.807, 2.05) is 45.9 Å². The molecule has 5 heterocycles. The molecule has 3 amide bonds. The summed E-state index contributed by atoms with van der Waals surface area (Å²) in [7, 11) is 0. The van der Waals surface area contributed by atoms with Gasteiger partial charge in [0.1, 0.15) is 5.82 Å². The lowest BCUT2D eigenvalue weighted by atomic mass is 9.93. The highest BCUT2D eigenvalue weighted by atomic mass is 16.2. The fourth-order valence-corrected chi connectivity index (χ4v) is 6.54. The number of anilines is 1. The summed E-state index contributed by atoms with van der Waals surface area (Å²) in [6.45, 7) is 5.35. The number of H-pyrrole nitrogens is 1. The lowest BCUT2D eigenvalue weighted by Crippen LogP contribution is -2.46. The molecular weight excluding hydrogens is 544 g/mol. The first-order valence-electron chi connectivity index (χ1n) is 15.2. The smallest absolute Gasteiger partial charge is 0.326 e. The lowest BCUT2D eigenvalue weighted by molar-refractivity contribution is -0.138. The highest BCUT2D eigenvalue weighted by molar-refractivity contribution is 6.15. The number of imidazole rings is 1. The van der Waals surface area contributed by atoms with Crippen molar-refractivity contribution in [2.24, 2.45) is 11.8 Å². The summed E-state index contributed by atoms with van der Waals surface area (Å²) in [6.07, 6.45) is 12.0. The molecule has 0 radical (unpaired) electrons. The molecule has 1 unspecified atom stereocenters. The van der Waals surface area contributed by atoms with E-state index in [-0.39, 0.29) is 41.8 Å². The number of carbonyl (C=O) groups is 3. The number of rotatable bonds is 5. The van der Waals surface area contributed by atoms with Gasteiger partial charge in [-0.3, -0.25) is 23.9 Å². The molecule has 2 aromatic heterocycles. The molecule has 2 saturated heterocycles. The second kappa shape index (κ2) is 12.5. The largest absolute Gasteiger partial charge is 0.342 e. The quantitative estimate of drug-likeness (QED) is 0.458. The fourth-order valence-electron chi connectivity index (χ4n) is 6.54. The third-order valence-corrected chi connectivity index (χ3v) is 8.95. The first kappa shape index (κ1) is 28.8. The number of likely N-dealkylation sites (tertiary alicyclic amines) is 2. The van der Waals surface area contributed by atoms with Gasteiger partial charge in [0.25, 0.3) is 0 Å². The zero-order valence-corrected chi connectivity index (χ0v) is 24.5. The topological polar surface area (TPSA) is 112 Å². The van der Waals surface area contributed by atoms with E-state index < -0.39 is 5.92 Å². The number of allylic oxidation sites excluding steroid dienone is 2. The molecule has 10 heteroatoms. The Bertz CT molecular complexity index is 1620. The third-order valence-electron chi connectivity index (χ3n) is 8.95. The van der Waals surface area contributed by atoms with Crippen LogP contribution in [-0.2, 0) is 20.9 Å². The van der Waals surface area contributed by atoms with Crippen LogP contribution in [0.15, 0.2) is 71.7 Å². The van der Waals surface area contributed by atoms with Crippen LogP contribution >= 0.6 is 0 Å². The maximum Gasteiger partial charge on any atom is 0.326 e. The number of carbonyl (C=O) groups excluding carboxylic acids is 3. The Morgan fingerprint density at radius 1 is 0.977 bits per heavy atom. The number of aromatic amines is 1. The summed E-state index contributed by atoms with van der Waals surface area (Å²) in [5.41, 5.74) is 2.66. The molecule has 0 saturated carbocycles. The fraction of sp³-hybridized carbons (Fsp3) is 0.424. The van der Waals surface area contributed by atoms with Crippen molar-refractivity contribution in [2.75, 3.05) is 31.1 Å². The number of aromatic nitrogens is 3. The van der Waals surface area contributed by atoms with Crippen LogP contribution in [0.3, 0.4) is 0 Å². The van der Waals surface area contributed by atoms with E-state index in [2.05, 4.69) is 14.9 Å². The van der Waals surface area contributed by atoms with Crippen LogP contribution < -0.4 is 10.6 Å². The van der Waals surface area contributed by atoms with Gasteiger partial charge in [-0.05, 0) is 68.6 Å². The van der Waals surface area contributed by atoms with Crippen molar-refractivity contribution in [1.82, 2.24) is 24.3 Å². The molecule has 6 rings (SSSR count). The summed E-state index contributed by atoms with van der Waals surface area (Å²) in [4.78, 5) is 64.8. The highest BCUT2D eigenvalue weighted by Gasteiger charge is 2.32. The predicted octanol–water partition coefficient (Wildman–Crippen LogP) is 3.81. The summed E-state index contributed by atoms with van der Waals surface area (Å²) in [6, 6.07) is 11.6. The highest BCUT2D eigenvalue weighted by Crippen LogP contribution is 2.28. The number of fused-ring (bicyclic) bond motifs is 1. The van der Waals surface area contributed by atoms with Gasteiger partial charge < -0.3 is 9.88 Å². The average Bonchev–Trinajstić information content (AvgIpc) is 3.38. The minimum atomic E-state index is -0.434. The van der Waals surface area contributed by atoms with Crippen molar-refractivity contribution in [2.45, 2.75) is 51.6 Å². The summed E-state index contributed by atoms with van der Waals surface area (Å²) in [5.74, 6) is -0.440. The molecule has 0 bridgehead atoms. The minimum absolute atomic E-state index is 0.000535. The van der Waals surface area contributed by atoms with Crippen molar-refractivity contribution < 1.29 is 14.4 Å². The van der Waals surface area contributed by atoms with Crippen LogP contribution in [0.5, 0.6) is 0 Å². The molecule has 1 atom stereocenters. The molecule has 0 aliphatic carbocycles. The molecule has 0 spiro atoms. The minimum Gasteiger partial charge on any atom is -0.342 e. The maximum atomic E-state index is 13.4. The van der Waals surface area contributed by atoms with Gasteiger partial charge in [0.15, 0.2) is 0 Å². The number of piperidine rings is 2. The number of hydrogen-bond donors (Lipinski definition) is 1. The summed E-state index contributed by atoms with van der Waals surface area (Å²) in [5, 5.41) is 0. The first-order valence-corrected chi connectivity index (χ1v) is 15.2. The van der Waals surface area contributed by atoms with Crippen molar-refractivity contribution in [3.63, 3.8) is 0 Å². The van der Waals surface area contributed by atoms with Crippen molar-refractivity contribution >= 4 is 34.6 Å². The second-order valence-electron chi connectivity index (χ2n) is 11.8. The third kappa shape index (κ3) is 6.10. The normalized spacial score (nSPS) is 22.8. The summed E-state index contributed by atoms with van der Waals surface area (Å²) >= 11 is 0. The standard InChI is InChI=1S/C33H38N6O4/c1-23-7-3-2-4-10-30(40)39(31(23)41)29-21-24(11-16-34-29)22-36-17-12-25(13-18-36)32(42)37-19-14-26(15-20-37)38-28-9-6-5-8-27(28)35-33(38)43/h2-9,11,16,21,23,25-26H,10,12-15,17-20,22H2,1H3,(H,35,43)/b4-2-,7-3-. The number of imide groups is 1. The zero-order chi connectivity index (χ0) is 29.9. The van der Waals surface area contributed by atoms with Crippen LogP contribution in [0.25, 0.3) is 11.0 Å². The molecule has 3 aliphatic heterocycles. The lowest BCUT2D eigenvalue weighted by Gasteiger charge is -2.37. The Balaban J connectivity index is 1.03. The number of hydrogen-bond acceptors (Lipinski definition) is 6. The van der Waals surface area contributed by atoms with Crippen LogP contribution in [0.1, 0.15) is 50.6 Å². The predicted molar refractivity (Wildman–Crippen MR) is 164 cm³/mol. The van der Waals surface area contributed by atoms with Gasteiger partial charge >= 0.3 is 5.69 Å². The Morgan fingerprint density at radius 2 is 1.74 bits per heavy atom. The van der Waals surface area contributed by atoms with E-state index in [4.69, 9.17) is 0 Å². The van der Waals surface area contributed by atoms with E-state index >= 15 is 0 Å². The van der Waals surface area contributed by atoms with Crippen molar-refractivity contribution in [3.8, 4) is 0 Å². The van der Waals surface area contributed by atoms with E-state index in [1.165, 1.54) is 4.90 Å². The maximum absolute atomic E-state index is 13.4. The SMILES string of the molecule is CC1/C=C\C=C/CC(=O)N(c2cc(CN3CCC(C(=O)N4CCC(n5c(=O)[nH]c6ccccc65)CC4)CC3)ccn2)C1=O. The number of benzene rings is 1. The molecule has 1 aromatic carbocycles. The van der Waals surface area contributed by atoms with E-state index in [1.54, 1.807) is 37.4 Å². The molecule has 10 nitrogen and oxygen atoms in total. The van der Waals surface area contributed by atoms with Gasteiger partial charge in [-0.25, -0.2) is 14.7 Å². The van der Waals surface area contributed by atoms with Gasteiger partial charge in [0.2, 0.25) is 17.7 Å². The molecule has 224 valence electrons. The number of nitrogens with one attached hydrogen (secondary N) is 1. The zero-order valence-electron chi connectivity index (χ0n) is 24.5. The second-order valence-corrected chi connectivity index (χ2v) is 11.8. The molecule has 43 heavy (non-hydrogen) atoms. The van der Waals surface area contributed by atoms with E-state index in [0.717, 1.165) is 55.4 Å². The van der Waals surface area contributed by atoms with Crippen LogP contribution in [-0.4, -0.2) is 68.2 Å². The number of nitrogens with zero attached hydrogens (tertiary/aromatic N) is 5. The Hall–Kier alpha value is -4.31. The van der Waals surface area contributed by atoms with Crippen LogP contribution in [0.4, 0.5) is 5.82 Å². The van der Waals surface area contributed by atoms with Crippen LogP contribution in [0.2, 0.25) is 0 Å². The van der Waals surface area contributed by atoms with Crippen LogP contribution in [0, 0.1) is 11.8 Å². The average molecular weight is 583 g/mol. The number of para-hydroxylation sites is 2. The van der Waals surface area contributed by atoms with Gasteiger partial charge in [0, 0.05) is 44.2 Å². The molecule has 1 N–H and O–H groups in total. The van der Waals surface area contributed by atoms with E-state index in [0.29, 0.717) is 25.5 Å². The van der Waals surface area contributed by atoms with Crippen molar-refractivity contribution in [1.29, 1.82) is 0 Å². The van der Waals surface area contributed by atoms with Gasteiger partial charge in [-0.15, -0.1) is 0 Å². The Labute approximate surface area is 250 Å². The number of amides is 3. The van der Waals surface area contributed by atoms with Gasteiger partial charge in [-0.1, -0.05) is 43.4 Å². The molecular formula is C33H38N6O4. The van der Waals surface area contributed by atoms with E-state index in [9.17, 15) is 19.2 Å². The Kier molecular flexibility index (Phi) is 8.38. The monoisotopic (exact) mass is 582 g/mol. The molecule has 2 fully saturated rings. The summed E-state index contributed by atoms with van der Waals surface area (Å²) < 4.78 is 1.86. The molecule has 3 aliphatic rings.